The summed E-state index contributed by atoms with van der Waals surface area (Å²) >= 11 is 0. The molecule has 0 radical (unpaired) electrons. The zero-order valence-corrected chi connectivity index (χ0v) is 19.3. The van der Waals surface area contributed by atoms with Crippen molar-refractivity contribution in [1.29, 1.82) is 0 Å². The van der Waals surface area contributed by atoms with Gasteiger partial charge in [0.05, 0.1) is 17.7 Å². The van der Waals surface area contributed by atoms with Crippen molar-refractivity contribution < 1.29 is 14.7 Å². The van der Waals surface area contributed by atoms with Crippen LogP contribution in [0.5, 0.6) is 0 Å². The first-order valence-electron chi connectivity index (χ1n) is 12.2. The summed E-state index contributed by atoms with van der Waals surface area (Å²) in [5, 5.41) is 13.7. The highest BCUT2D eigenvalue weighted by Crippen LogP contribution is 2.37. The molecule has 2 aliphatic heterocycles. The van der Waals surface area contributed by atoms with Gasteiger partial charge in [-0.05, 0) is 43.7 Å². The first-order valence-corrected chi connectivity index (χ1v) is 12.2. The van der Waals surface area contributed by atoms with E-state index in [0.29, 0.717) is 18.8 Å². The van der Waals surface area contributed by atoms with Crippen LogP contribution in [0.3, 0.4) is 0 Å². The third kappa shape index (κ3) is 4.98. The number of rotatable bonds is 8. The number of amidine groups is 1. The van der Waals surface area contributed by atoms with Gasteiger partial charge in [-0.15, -0.1) is 0 Å². The van der Waals surface area contributed by atoms with Crippen molar-refractivity contribution >= 4 is 23.3 Å². The zero-order valence-electron chi connectivity index (χ0n) is 19.3. The molecule has 0 bridgehead atoms. The van der Waals surface area contributed by atoms with E-state index >= 15 is 0 Å². The molecule has 0 aromatic heterocycles. The van der Waals surface area contributed by atoms with E-state index in [4.69, 9.17) is 4.99 Å². The van der Waals surface area contributed by atoms with Crippen LogP contribution in [0.2, 0.25) is 0 Å². The summed E-state index contributed by atoms with van der Waals surface area (Å²) in [6, 6.07) is 7.79. The minimum Gasteiger partial charge on any atom is -0.392 e. The Balaban J connectivity index is 1.60. The van der Waals surface area contributed by atoms with E-state index in [1.54, 1.807) is 11.9 Å². The number of hydrogen-bond acceptors (Lipinski definition) is 5. The van der Waals surface area contributed by atoms with Crippen LogP contribution in [0.15, 0.2) is 29.3 Å². The number of likely N-dealkylation sites (tertiary alicyclic amines) is 1. The third-order valence-electron chi connectivity index (χ3n) is 6.95. The van der Waals surface area contributed by atoms with Gasteiger partial charge in [0.15, 0.2) is 0 Å². The van der Waals surface area contributed by atoms with Crippen molar-refractivity contribution in [1.82, 2.24) is 10.2 Å². The van der Waals surface area contributed by atoms with Gasteiger partial charge in [-0.3, -0.25) is 9.59 Å². The van der Waals surface area contributed by atoms with Crippen LogP contribution >= 0.6 is 0 Å². The van der Waals surface area contributed by atoms with Crippen molar-refractivity contribution in [3.8, 4) is 0 Å². The van der Waals surface area contributed by atoms with Crippen molar-refractivity contribution in [2.24, 2.45) is 16.8 Å². The predicted molar refractivity (Wildman–Crippen MR) is 125 cm³/mol. The number of unbranched alkanes of at least 4 members (excludes halogenated alkanes) is 1. The monoisotopic (exact) mass is 440 g/mol. The van der Waals surface area contributed by atoms with Gasteiger partial charge >= 0.3 is 0 Å². The first kappa shape index (κ1) is 22.8. The topological polar surface area (TPSA) is 85.2 Å². The van der Waals surface area contributed by atoms with Gasteiger partial charge in [0.25, 0.3) is 5.91 Å². The lowest BCUT2D eigenvalue weighted by Crippen LogP contribution is -2.49. The lowest BCUT2D eigenvalue weighted by Gasteiger charge is -2.25. The summed E-state index contributed by atoms with van der Waals surface area (Å²) in [4.78, 5) is 35.3. The van der Waals surface area contributed by atoms with Crippen LogP contribution in [0, 0.1) is 11.8 Å². The summed E-state index contributed by atoms with van der Waals surface area (Å²) in [6.07, 6.45) is 5.87. The Morgan fingerprint density at radius 2 is 1.97 bits per heavy atom. The highest BCUT2D eigenvalue weighted by Gasteiger charge is 2.37. The number of nitrogens with zero attached hydrogens (tertiary/aromatic N) is 3. The summed E-state index contributed by atoms with van der Waals surface area (Å²) in [5.41, 5.74) is 1.72. The second-order valence-corrected chi connectivity index (χ2v) is 9.47. The quantitative estimate of drug-likeness (QED) is 0.651. The lowest BCUT2D eigenvalue weighted by molar-refractivity contribution is -0.133. The third-order valence-corrected chi connectivity index (χ3v) is 6.95. The molecule has 3 atom stereocenters. The molecule has 32 heavy (non-hydrogen) atoms. The van der Waals surface area contributed by atoms with Crippen molar-refractivity contribution in [2.45, 2.75) is 70.6 Å². The van der Waals surface area contributed by atoms with Gasteiger partial charge in [0.1, 0.15) is 5.84 Å². The number of para-hydroxylation sites is 1. The Hall–Kier alpha value is -2.41. The number of amides is 2. The van der Waals surface area contributed by atoms with E-state index < -0.39 is 18.2 Å². The maximum Gasteiger partial charge on any atom is 0.272 e. The minimum absolute atomic E-state index is 0.256. The Bertz CT molecular complexity index is 860. The average molecular weight is 441 g/mol. The van der Waals surface area contributed by atoms with E-state index in [1.165, 1.54) is 0 Å². The summed E-state index contributed by atoms with van der Waals surface area (Å²) < 4.78 is 0. The standard InChI is InChI=1S/C25H36N4O3/c1-3-4-11-21(30)19(16-17-12-13-17)24(31)27-22-25(32)28(2)20-10-6-5-9-18(20)23(26-22)29-14-7-8-15-29/h5-6,9-10,17,19,21-22,30H,3-4,7-8,11-16H2,1-2H3,(H,27,31)/t19-,21+,22?/m1/s1. The number of carbonyl (C=O) groups excluding carboxylic acids is 2. The fourth-order valence-electron chi connectivity index (χ4n) is 4.79. The Morgan fingerprint density at radius 3 is 2.66 bits per heavy atom. The number of hydrogen-bond donors (Lipinski definition) is 2. The molecule has 1 saturated heterocycles. The second-order valence-electron chi connectivity index (χ2n) is 9.47. The molecule has 0 spiro atoms. The molecule has 2 fully saturated rings. The number of benzene rings is 1. The highest BCUT2D eigenvalue weighted by molar-refractivity contribution is 6.12. The van der Waals surface area contributed by atoms with Crippen LogP contribution in [0.25, 0.3) is 0 Å². The number of aliphatic hydroxyl groups excluding tert-OH is 1. The van der Waals surface area contributed by atoms with Gasteiger partial charge in [-0.1, -0.05) is 44.7 Å². The van der Waals surface area contributed by atoms with Crippen LogP contribution < -0.4 is 10.2 Å². The van der Waals surface area contributed by atoms with E-state index in [2.05, 4.69) is 17.1 Å². The second kappa shape index (κ2) is 10.0. The normalized spacial score (nSPS) is 22.8. The molecule has 2 amide bonds. The van der Waals surface area contributed by atoms with Gasteiger partial charge in [0.2, 0.25) is 12.1 Å². The maximum atomic E-state index is 13.3. The van der Waals surface area contributed by atoms with Gasteiger partial charge in [-0.2, -0.15) is 0 Å². The molecule has 1 aromatic carbocycles. The van der Waals surface area contributed by atoms with Crippen molar-refractivity contribution in [3.05, 3.63) is 29.8 Å². The molecule has 2 heterocycles. The number of benzodiazepines with no additional fused rings is 1. The van der Waals surface area contributed by atoms with Crippen LogP contribution in [-0.2, 0) is 9.59 Å². The Kier molecular flexibility index (Phi) is 7.13. The largest absolute Gasteiger partial charge is 0.392 e. The summed E-state index contributed by atoms with van der Waals surface area (Å²) in [6.45, 7) is 3.87. The summed E-state index contributed by atoms with van der Waals surface area (Å²) in [5.74, 6) is 0.257. The molecule has 174 valence electrons. The molecule has 1 aromatic rings. The SMILES string of the molecule is CCCC[C@H](O)[C@@H](CC1CC1)C(=O)NC1N=C(N2CCCC2)c2ccccc2N(C)C1=O. The number of fused-ring (bicyclic) bond motifs is 1. The number of anilines is 1. The number of aliphatic imine (C=N–C) groups is 1. The molecule has 4 rings (SSSR count). The van der Waals surface area contributed by atoms with E-state index in [9.17, 15) is 14.7 Å². The molecule has 7 heteroatoms. The van der Waals surface area contributed by atoms with E-state index in [0.717, 1.165) is 68.7 Å². The maximum absolute atomic E-state index is 13.3. The molecule has 2 N–H and O–H groups in total. The number of nitrogens with one attached hydrogen (secondary N) is 1. The molecular weight excluding hydrogens is 404 g/mol. The van der Waals surface area contributed by atoms with Crippen LogP contribution in [-0.4, -0.2) is 60.1 Å². The van der Waals surface area contributed by atoms with Crippen LogP contribution in [0.1, 0.15) is 63.9 Å². The first-order chi connectivity index (χ1) is 15.5. The van der Waals surface area contributed by atoms with Gasteiger partial charge in [-0.25, -0.2) is 4.99 Å². The molecule has 3 aliphatic rings. The number of carbonyl (C=O) groups is 2. The van der Waals surface area contributed by atoms with E-state index in [1.807, 2.05) is 24.3 Å². The molecule has 7 nitrogen and oxygen atoms in total. The van der Waals surface area contributed by atoms with E-state index in [-0.39, 0.29) is 11.8 Å². The van der Waals surface area contributed by atoms with Crippen molar-refractivity contribution in [3.63, 3.8) is 0 Å². The highest BCUT2D eigenvalue weighted by atomic mass is 16.3. The summed E-state index contributed by atoms with van der Waals surface area (Å²) in [7, 11) is 1.74. The Labute approximate surface area is 190 Å². The average Bonchev–Trinajstić information content (AvgIpc) is 3.49. The van der Waals surface area contributed by atoms with Gasteiger partial charge < -0.3 is 20.2 Å². The molecular formula is C25H36N4O3. The molecule has 1 aliphatic carbocycles. The molecule has 1 unspecified atom stereocenters. The lowest BCUT2D eigenvalue weighted by atomic mass is 9.91. The predicted octanol–water partition coefficient (Wildman–Crippen LogP) is 2.92. The fourth-order valence-corrected chi connectivity index (χ4v) is 4.79. The van der Waals surface area contributed by atoms with Crippen molar-refractivity contribution in [2.75, 3.05) is 25.0 Å². The number of likely N-dealkylation sites (N-methyl/N-ethyl adjacent to an activating group) is 1. The zero-order chi connectivity index (χ0) is 22.7. The van der Waals surface area contributed by atoms with Crippen LogP contribution in [0.4, 0.5) is 5.69 Å². The Morgan fingerprint density at radius 1 is 1.25 bits per heavy atom. The smallest absolute Gasteiger partial charge is 0.272 e. The fraction of sp³-hybridized carbons (Fsp3) is 0.640. The van der Waals surface area contributed by atoms with Gasteiger partial charge in [0, 0.05) is 25.7 Å². The number of aliphatic hydroxyl groups is 1. The minimum atomic E-state index is -0.990. The molecule has 1 saturated carbocycles.